The van der Waals surface area contributed by atoms with Gasteiger partial charge in [0.2, 0.25) is 11.5 Å². The molecule has 30 heavy (non-hydrogen) atoms. The summed E-state index contributed by atoms with van der Waals surface area (Å²) >= 11 is 7.54. The number of hydrogen-bond donors (Lipinski definition) is 0. The third-order valence-electron chi connectivity index (χ3n) is 4.04. The molecule has 6 nitrogen and oxygen atoms in total. The Balaban J connectivity index is 2.38. The van der Waals surface area contributed by atoms with Crippen molar-refractivity contribution in [2.45, 2.75) is 23.6 Å². The molecule has 0 amide bonds. The maximum atomic E-state index is 11.9. The first kappa shape index (κ1) is 21.8. The molecule has 0 saturated carbocycles. The maximum absolute atomic E-state index is 11.9. The van der Waals surface area contributed by atoms with Gasteiger partial charge in [0.05, 0.1) is 14.2 Å². The van der Waals surface area contributed by atoms with E-state index in [-0.39, 0.29) is 23.0 Å². The molecule has 0 saturated heterocycles. The lowest BCUT2D eigenvalue weighted by molar-refractivity contribution is -0.133. The van der Waals surface area contributed by atoms with Crippen LogP contribution in [0.5, 0.6) is 23.0 Å². The van der Waals surface area contributed by atoms with Crippen molar-refractivity contribution in [2.24, 2.45) is 0 Å². The Bertz CT molecular complexity index is 1130. The van der Waals surface area contributed by atoms with Gasteiger partial charge in [-0.05, 0) is 24.3 Å². The Hall–Kier alpha value is -2.90. The zero-order valence-corrected chi connectivity index (χ0v) is 18.3. The minimum Gasteiger partial charge on any atom is -0.490 e. The highest BCUT2D eigenvalue weighted by Crippen LogP contribution is 2.54. The highest BCUT2D eigenvalue weighted by molar-refractivity contribution is 7.99. The molecule has 0 heterocycles. The van der Waals surface area contributed by atoms with Gasteiger partial charge in [0, 0.05) is 39.4 Å². The molecule has 8 heteroatoms. The van der Waals surface area contributed by atoms with Crippen molar-refractivity contribution in [3.63, 3.8) is 0 Å². The third kappa shape index (κ3) is 4.47. The predicted octanol–water partition coefficient (Wildman–Crippen LogP) is 5.51. The highest BCUT2D eigenvalue weighted by Gasteiger charge is 2.27. The normalized spacial score (nSPS) is 10.6. The number of hydrogen-bond acceptors (Lipinski definition) is 7. The fourth-order valence-electron chi connectivity index (χ4n) is 3.00. The summed E-state index contributed by atoms with van der Waals surface area (Å²) in [7, 11) is 2.83. The quantitative estimate of drug-likeness (QED) is 0.365. The molecule has 0 atom stereocenters. The Morgan fingerprint density at radius 2 is 1.43 bits per heavy atom. The van der Waals surface area contributed by atoms with Crippen LogP contribution in [0.3, 0.4) is 0 Å². The second-order valence-corrected chi connectivity index (χ2v) is 7.70. The Labute approximate surface area is 183 Å². The van der Waals surface area contributed by atoms with Gasteiger partial charge in [-0.3, -0.25) is 9.59 Å². The first-order valence-electron chi connectivity index (χ1n) is 8.86. The first-order valence-corrected chi connectivity index (χ1v) is 10.1. The summed E-state index contributed by atoms with van der Waals surface area (Å²) in [5, 5.41) is 1.68. The highest BCUT2D eigenvalue weighted by atomic mass is 35.5. The van der Waals surface area contributed by atoms with Gasteiger partial charge in [-0.15, -0.1) is 0 Å². The molecule has 0 aromatic heterocycles. The van der Waals surface area contributed by atoms with Gasteiger partial charge < -0.3 is 18.9 Å². The van der Waals surface area contributed by atoms with Crippen molar-refractivity contribution in [2.75, 3.05) is 14.2 Å². The molecule has 0 aliphatic carbocycles. The zero-order chi connectivity index (χ0) is 21.8. The van der Waals surface area contributed by atoms with Gasteiger partial charge >= 0.3 is 11.9 Å². The molecule has 0 spiro atoms. The molecule has 0 N–H and O–H groups in total. The molecule has 0 aliphatic heterocycles. The number of ether oxygens (including phenoxy) is 4. The topological polar surface area (TPSA) is 71.1 Å². The minimum absolute atomic E-state index is 0.149. The van der Waals surface area contributed by atoms with Crippen LogP contribution >= 0.6 is 23.4 Å². The van der Waals surface area contributed by atoms with Crippen LogP contribution in [-0.2, 0) is 9.59 Å². The van der Waals surface area contributed by atoms with E-state index in [1.165, 1.54) is 39.8 Å². The van der Waals surface area contributed by atoms with Crippen molar-refractivity contribution in [3.8, 4) is 23.0 Å². The van der Waals surface area contributed by atoms with Gasteiger partial charge in [0.25, 0.3) is 0 Å². The van der Waals surface area contributed by atoms with Crippen molar-refractivity contribution < 1.29 is 28.5 Å². The van der Waals surface area contributed by atoms with E-state index in [1.807, 2.05) is 30.3 Å². The van der Waals surface area contributed by atoms with E-state index < -0.39 is 11.9 Å². The molecule has 0 bridgehead atoms. The van der Waals surface area contributed by atoms with E-state index in [1.54, 1.807) is 12.1 Å². The molecular weight excluding hydrogens is 428 g/mol. The predicted molar refractivity (Wildman–Crippen MR) is 115 cm³/mol. The lowest BCUT2D eigenvalue weighted by Gasteiger charge is -2.20. The van der Waals surface area contributed by atoms with Crippen molar-refractivity contribution in [3.05, 3.63) is 47.5 Å². The summed E-state index contributed by atoms with van der Waals surface area (Å²) in [5.74, 6) is -0.389. The third-order valence-corrected chi connectivity index (χ3v) is 5.33. The maximum Gasteiger partial charge on any atom is 0.308 e. The van der Waals surface area contributed by atoms with Crippen LogP contribution in [0.25, 0.3) is 10.8 Å². The SMILES string of the molecule is COc1c(OC)c(OC(C)=O)c2c(Sc3cccc(Cl)c3)cccc2c1OC(C)=O. The van der Waals surface area contributed by atoms with Gasteiger partial charge in [0.15, 0.2) is 11.5 Å². The summed E-state index contributed by atoms with van der Waals surface area (Å²) in [6, 6.07) is 12.8. The average molecular weight is 447 g/mol. The fraction of sp³-hybridized carbons (Fsp3) is 0.182. The molecule has 156 valence electrons. The number of esters is 2. The largest absolute Gasteiger partial charge is 0.490 e. The molecule has 0 radical (unpaired) electrons. The van der Waals surface area contributed by atoms with Crippen LogP contribution < -0.4 is 18.9 Å². The number of carbonyl (C=O) groups excluding carboxylic acids is 2. The monoisotopic (exact) mass is 446 g/mol. The van der Waals surface area contributed by atoms with E-state index in [9.17, 15) is 9.59 Å². The van der Waals surface area contributed by atoms with Crippen molar-refractivity contribution >= 4 is 46.1 Å². The molecule has 0 unspecified atom stereocenters. The molecule has 3 aromatic rings. The van der Waals surface area contributed by atoms with E-state index in [4.69, 9.17) is 30.5 Å². The number of methoxy groups -OCH3 is 2. The van der Waals surface area contributed by atoms with E-state index in [2.05, 4.69) is 0 Å². The van der Waals surface area contributed by atoms with Crippen LogP contribution in [-0.4, -0.2) is 26.2 Å². The van der Waals surface area contributed by atoms with Crippen LogP contribution in [0.15, 0.2) is 52.3 Å². The number of halogens is 1. The molecule has 0 aliphatic rings. The average Bonchev–Trinajstić information content (AvgIpc) is 2.68. The molecular formula is C22H19ClO6S. The molecule has 0 fully saturated rings. The van der Waals surface area contributed by atoms with E-state index >= 15 is 0 Å². The van der Waals surface area contributed by atoms with Gasteiger partial charge in [0.1, 0.15) is 0 Å². The van der Waals surface area contributed by atoms with Crippen molar-refractivity contribution in [1.29, 1.82) is 0 Å². The number of fused-ring (bicyclic) bond motifs is 1. The molecule has 3 aromatic carbocycles. The lowest BCUT2D eigenvalue weighted by Crippen LogP contribution is -2.08. The fourth-order valence-corrected chi connectivity index (χ4v) is 4.29. The van der Waals surface area contributed by atoms with Crippen LogP contribution in [0, 0.1) is 0 Å². The van der Waals surface area contributed by atoms with Gasteiger partial charge in [-0.1, -0.05) is 41.6 Å². The van der Waals surface area contributed by atoms with Crippen LogP contribution in [0.1, 0.15) is 13.8 Å². The summed E-state index contributed by atoms with van der Waals surface area (Å²) in [6.45, 7) is 2.59. The zero-order valence-electron chi connectivity index (χ0n) is 16.8. The second kappa shape index (κ2) is 9.28. The van der Waals surface area contributed by atoms with Gasteiger partial charge in [-0.25, -0.2) is 0 Å². The Morgan fingerprint density at radius 3 is 2.03 bits per heavy atom. The van der Waals surface area contributed by atoms with E-state index in [0.29, 0.717) is 15.8 Å². The van der Waals surface area contributed by atoms with Crippen molar-refractivity contribution in [1.82, 2.24) is 0 Å². The molecule has 3 rings (SSSR count). The second-order valence-electron chi connectivity index (χ2n) is 6.15. The standard InChI is InChI=1S/C22H19ClO6S/c1-12(24)28-19-16-9-6-10-17(30-15-8-5-7-14(23)11-15)18(16)20(29-13(2)25)22(27-4)21(19)26-3/h5-11H,1-4H3. The first-order chi connectivity index (χ1) is 14.3. The summed E-state index contributed by atoms with van der Waals surface area (Å²) in [6.07, 6.45) is 0. The number of carbonyl (C=O) groups is 2. The summed E-state index contributed by atoms with van der Waals surface area (Å²) in [5.41, 5.74) is 0. The van der Waals surface area contributed by atoms with Crippen LogP contribution in [0.4, 0.5) is 0 Å². The van der Waals surface area contributed by atoms with E-state index in [0.717, 1.165) is 9.79 Å². The smallest absolute Gasteiger partial charge is 0.308 e. The summed E-state index contributed by atoms with van der Waals surface area (Å²) in [4.78, 5) is 25.3. The minimum atomic E-state index is -0.528. The Kier molecular flexibility index (Phi) is 6.74. The lowest BCUT2D eigenvalue weighted by atomic mass is 10.1. The number of benzene rings is 3. The number of rotatable bonds is 6. The Morgan fingerprint density at radius 1 is 0.833 bits per heavy atom. The van der Waals surface area contributed by atoms with Crippen LogP contribution in [0.2, 0.25) is 5.02 Å². The summed E-state index contributed by atoms with van der Waals surface area (Å²) < 4.78 is 21.9. The van der Waals surface area contributed by atoms with Gasteiger partial charge in [-0.2, -0.15) is 0 Å².